The van der Waals surface area contributed by atoms with Gasteiger partial charge in [-0.1, -0.05) is 12.1 Å². The Kier molecular flexibility index (Phi) is 3.29. The van der Waals surface area contributed by atoms with Gasteiger partial charge in [0.05, 0.1) is 6.04 Å². The predicted octanol–water partition coefficient (Wildman–Crippen LogP) is 2.20. The number of benzene rings is 1. The lowest BCUT2D eigenvalue weighted by atomic mass is 10.00. The number of Topliss-reactive ketones (excluding diaryl/α,β-unsaturated/α-hetero) is 1. The Hall–Kier alpha value is -1.61. The molecule has 1 aromatic carbocycles. The highest BCUT2D eigenvalue weighted by Crippen LogP contribution is 2.23. The summed E-state index contributed by atoms with van der Waals surface area (Å²) in [6, 6.07) is 6.10. The van der Waals surface area contributed by atoms with Gasteiger partial charge in [-0.3, -0.25) is 4.79 Å². The first-order valence-electron chi connectivity index (χ1n) is 5.86. The first kappa shape index (κ1) is 11.9. The molecule has 3 heteroatoms. The monoisotopic (exact) mass is 230 g/mol. The van der Waals surface area contributed by atoms with E-state index in [9.17, 15) is 4.79 Å². The van der Waals surface area contributed by atoms with Crippen molar-refractivity contribution in [2.45, 2.75) is 26.3 Å². The van der Waals surface area contributed by atoms with Crippen molar-refractivity contribution in [1.29, 1.82) is 0 Å². The van der Waals surface area contributed by atoms with Gasteiger partial charge in [0.25, 0.3) is 0 Å². The molecule has 0 radical (unpaired) electrons. The van der Waals surface area contributed by atoms with Gasteiger partial charge in [0.1, 0.15) is 5.78 Å². The molecule has 0 aliphatic rings. The van der Waals surface area contributed by atoms with Crippen LogP contribution in [0.4, 0.5) is 0 Å². The fraction of sp³-hybridized carbons (Fsp3) is 0.357. The van der Waals surface area contributed by atoms with Crippen LogP contribution in [0.3, 0.4) is 0 Å². The molecule has 0 fully saturated rings. The standard InChI is InChI=1S/C14H18N2O/c1-9-5-4-6-12-14(9)11(8-16-12)7-13(15-3)10(2)17/h4-6,8,13,15-16H,7H2,1-3H3. The van der Waals surface area contributed by atoms with E-state index in [4.69, 9.17) is 0 Å². The number of nitrogens with one attached hydrogen (secondary N) is 2. The van der Waals surface area contributed by atoms with E-state index in [-0.39, 0.29) is 11.8 Å². The SMILES string of the molecule is CNC(Cc1c[nH]c2cccc(C)c12)C(C)=O. The molecule has 0 amide bonds. The van der Waals surface area contributed by atoms with Gasteiger partial charge in [-0.05, 0) is 44.5 Å². The number of carbonyl (C=O) groups is 1. The molecule has 3 nitrogen and oxygen atoms in total. The number of likely N-dealkylation sites (N-methyl/N-ethyl adjacent to an activating group) is 1. The molecule has 0 aliphatic heterocycles. The molecule has 17 heavy (non-hydrogen) atoms. The van der Waals surface area contributed by atoms with Crippen LogP contribution in [0, 0.1) is 6.92 Å². The van der Waals surface area contributed by atoms with Crippen molar-refractivity contribution in [2.24, 2.45) is 0 Å². The molecular formula is C14H18N2O. The summed E-state index contributed by atoms with van der Waals surface area (Å²) in [5.74, 6) is 0.176. The van der Waals surface area contributed by atoms with Gasteiger partial charge in [-0.25, -0.2) is 0 Å². The maximum absolute atomic E-state index is 11.4. The van der Waals surface area contributed by atoms with E-state index in [1.807, 2.05) is 19.3 Å². The Morgan fingerprint density at radius 3 is 2.88 bits per heavy atom. The molecule has 2 rings (SSSR count). The van der Waals surface area contributed by atoms with Crippen molar-refractivity contribution in [3.8, 4) is 0 Å². The lowest BCUT2D eigenvalue weighted by Gasteiger charge is -2.12. The van der Waals surface area contributed by atoms with Crippen molar-refractivity contribution < 1.29 is 4.79 Å². The number of rotatable bonds is 4. The molecule has 90 valence electrons. The van der Waals surface area contributed by atoms with Crippen LogP contribution >= 0.6 is 0 Å². The second kappa shape index (κ2) is 4.72. The van der Waals surface area contributed by atoms with E-state index in [1.54, 1.807) is 6.92 Å². The lowest BCUT2D eigenvalue weighted by molar-refractivity contribution is -0.118. The molecule has 0 aliphatic carbocycles. The molecule has 1 atom stereocenters. The maximum Gasteiger partial charge on any atom is 0.147 e. The van der Waals surface area contributed by atoms with Crippen molar-refractivity contribution in [1.82, 2.24) is 10.3 Å². The van der Waals surface area contributed by atoms with Crippen LogP contribution in [0.2, 0.25) is 0 Å². The fourth-order valence-corrected chi connectivity index (χ4v) is 2.28. The average Bonchev–Trinajstić information content (AvgIpc) is 2.70. The van der Waals surface area contributed by atoms with Crippen LogP contribution in [0.5, 0.6) is 0 Å². The van der Waals surface area contributed by atoms with E-state index in [0.717, 1.165) is 11.9 Å². The van der Waals surface area contributed by atoms with Crippen molar-refractivity contribution in [3.63, 3.8) is 0 Å². The third-order valence-corrected chi connectivity index (χ3v) is 3.26. The topological polar surface area (TPSA) is 44.9 Å². The van der Waals surface area contributed by atoms with Gasteiger partial charge < -0.3 is 10.3 Å². The number of hydrogen-bond donors (Lipinski definition) is 2. The van der Waals surface area contributed by atoms with E-state index in [0.29, 0.717) is 0 Å². The summed E-state index contributed by atoms with van der Waals surface area (Å²) < 4.78 is 0. The molecule has 0 spiro atoms. The highest BCUT2D eigenvalue weighted by Gasteiger charge is 2.15. The van der Waals surface area contributed by atoms with Crippen molar-refractivity contribution in [3.05, 3.63) is 35.5 Å². The molecule has 2 N–H and O–H groups in total. The minimum absolute atomic E-state index is 0.103. The van der Waals surface area contributed by atoms with Gasteiger partial charge in [0, 0.05) is 17.1 Å². The Labute approximate surface area is 101 Å². The summed E-state index contributed by atoms with van der Waals surface area (Å²) in [7, 11) is 1.83. The first-order chi connectivity index (χ1) is 8.13. The van der Waals surface area contributed by atoms with E-state index < -0.39 is 0 Å². The fourth-order valence-electron chi connectivity index (χ4n) is 2.28. The third-order valence-electron chi connectivity index (χ3n) is 3.26. The Balaban J connectivity index is 2.39. The normalized spacial score (nSPS) is 12.9. The average molecular weight is 230 g/mol. The molecule has 0 saturated heterocycles. The molecule has 1 unspecified atom stereocenters. The van der Waals surface area contributed by atoms with Gasteiger partial charge in [0.15, 0.2) is 0 Å². The van der Waals surface area contributed by atoms with Crippen LogP contribution in [0.15, 0.2) is 24.4 Å². The van der Waals surface area contributed by atoms with Gasteiger partial charge in [-0.15, -0.1) is 0 Å². The number of carbonyl (C=O) groups excluding carboxylic acids is 1. The minimum Gasteiger partial charge on any atom is -0.361 e. The molecule has 0 bridgehead atoms. The summed E-state index contributed by atoms with van der Waals surface area (Å²) in [4.78, 5) is 14.7. The van der Waals surface area contributed by atoms with Crippen LogP contribution in [-0.4, -0.2) is 23.9 Å². The number of H-pyrrole nitrogens is 1. The second-order valence-corrected chi connectivity index (χ2v) is 4.47. The van der Waals surface area contributed by atoms with E-state index >= 15 is 0 Å². The van der Waals surface area contributed by atoms with Crippen LogP contribution in [0.1, 0.15) is 18.1 Å². The number of aryl methyl sites for hydroxylation is 1. The number of aromatic nitrogens is 1. The molecule has 2 aromatic rings. The quantitative estimate of drug-likeness (QED) is 0.845. The first-order valence-corrected chi connectivity index (χ1v) is 5.86. The summed E-state index contributed by atoms with van der Waals surface area (Å²) >= 11 is 0. The second-order valence-electron chi connectivity index (χ2n) is 4.47. The molecule has 1 aromatic heterocycles. The van der Waals surface area contributed by atoms with Crippen LogP contribution in [0.25, 0.3) is 10.9 Å². The largest absolute Gasteiger partial charge is 0.361 e. The molecular weight excluding hydrogens is 212 g/mol. The zero-order valence-electron chi connectivity index (χ0n) is 10.5. The number of aromatic amines is 1. The Morgan fingerprint density at radius 1 is 1.47 bits per heavy atom. The number of hydrogen-bond acceptors (Lipinski definition) is 2. The van der Waals surface area contributed by atoms with Crippen molar-refractivity contribution in [2.75, 3.05) is 7.05 Å². The van der Waals surface area contributed by atoms with E-state index in [1.165, 1.54) is 16.5 Å². The van der Waals surface area contributed by atoms with Crippen molar-refractivity contribution >= 4 is 16.7 Å². The summed E-state index contributed by atoms with van der Waals surface area (Å²) in [5, 5.41) is 4.30. The summed E-state index contributed by atoms with van der Waals surface area (Å²) in [5.41, 5.74) is 3.59. The lowest BCUT2D eigenvalue weighted by Crippen LogP contribution is -2.34. The zero-order chi connectivity index (χ0) is 12.4. The number of fused-ring (bicyclic) bond motifs is 1. The maximum atomic E-state index is 11.4. The van der Waals surface area contributed by atoms with E-state index in [2.05, 4.69) is 29.4 Å². The zero-order valence-corrected chi connectivity index (χ0v) is 10.5. The minimum atomic E-state index is -0.103. The summed E-state index contributed by atoms with van der Waals surface area (Å²) in [6.45, 7) is 3.73. The van der Waals surface area contributed by atoms with Gasteiger partial charge >= 0.3 is 0 Å². The van der Waals surface area contributed by atoms with Crippen LogP contribution in [-0.2, 0) is 11.2 Å². The smallest absolute Gasteiger partial charge is 0.147 e. The van der Waals surface area contributed by atoms with Crippen LogP contribution < -0.4 is 5.32 Å². The summed E-state index contributed by atoms with van der Waals surface area (Å²) in [6.07, 6.45) is 2.74. The Bertz CT molecular complexity index is 542. The molecule has 1 heterocycles. The Morgan fingerprint density at radius 2 is 2.24 bits per heavy atom. The number of ketones is 1. The predicted molar refractivity (Wildman–Crippen MR) is 70.3 cm³/mol. The van der Waals surface area contributed by atoms with Gasteiger partial charge in [0.2, 0.25) is 0 Å². The highest BCUT2D eigenvalue weighted by atomic mass is 16.1. The van der Waals surface area contributed by atoms with Gasteiger partial charge in [-0.2, -0.15) is 0 Å². The molecule has 0 saturated carbocycles. The third kappa shape index (κ3) is 2.24. The highest BCUT2D eigenvalue weighted by molar-refractivity contribution is 5.88.